The molecule has 1 saturated heterocycles. The standard InChI is InChI=1S/C29H31FN4O2/c30-25-11-9-21(10-12-25)17-22-13-15-34(16-14-22)20-27(35)28(24-6-2-1-3-7-24)33-29(36)32-26-8-4-5-23(18-26)19-31/h1-12,18,22,27-28,35H,13-17,20H2,(H2,32,33,36)/t27-,28-/m0/s1. The van der Waals surface area contributed by atoms with E-state index in [1.807, 2.05) is 42.5 Å². The van der Waals surface area contributed by atoms with Crippen molar-refractivity contribution in [2.45, 2.75) is 31.4 Å². The molecule has 2 amide bonds. The monoisotopic (exact) mass is 486 g/mol. The van der Waals surface area contributed by atoms with Crippen LogP contribution in [0.25, 0.3) is 0 Å². The molecule has 1 aliphatic rings. The van der Waals surface area contributed by atoms with E-state index in [4.69, 9.17) is 5.26 Å². The summed E-state index contributed by atoms with van der Waals surface area (Å²) in [4.78, 5) is 15.0. The van der Waals surface area contributed by atoms with Crippen molar-refractivity contribution in [2.75, 3.05) is 25.0 Å². The number of halogens is 1. The van der Waals surface area contributed by atoms with E-state index in [-0.39, 0.29) is 5.82 Å². The zero-order valence-electron chi connectivity index (χ0n) is 20.1. The lowest BCUT2D eigenvalue weighted by Gasteiger charge is -2.35. The second-order valence-electron chi connectivity index (χ2n) is 9.32. The first kappa shape index (κ1) is 25.4. The summed E-state index contributed by atoms with van der Waals surface area (Å²) in [6.45, 7) is 2.15. The molecule has 0 saturated carbocycles. The Morgan fingerprint density at radius 2 is 1.78 bits per heavy atom. The molecule has 0 aliphatic carbocycles. The van der Waals surface area contributed by atoms with E-state index in [0.29, 0.717) is 23.7 Å². The maximum absolute atomic E-state index is 13.2. The van der Waals surface area contributed by atoms with Crippen molar-refractivity contribution in [3.8, 4) is 6.07 Å². The van der Waals surface area contributed by atoms with Crippen LogP contribution < -0.4 is 10.6 Å². The molecule has 1 aliphatic heterocycles. The molecule has 3 aromatic rings. The van der Waals surface area contributed by atoms with Gasteiger partial charge < -0.3 is 20.6 Å². The lowest BCUT2D eigenvalue weighted by molar-refractivity contribution is 0.0657. The molecule has 2 atom stereocenters. The summed E-state index contributed by atoms with van der Waals surface area (Å²) in [5.41, 5.74) is 2.93. The number of hydrogen-bond donors (Lipinski definition) is 3. The molecular weight excluding hydrogens is 455 g/mol. The van der Waals surface area contributed by atoms with Gasteiger partial charge in [0.2, 0.25) is 0 Å². The van der Waals surface area contributed by atoms with Gasteiger partial charge in [0.25, 0.3) is 0 Å². The number of carbonyl (C=O) groups excluding carboxylic acids is 1. The fourth-order valence-corrected chi connectivity index (χ4v) is 4.73. The molecule has 0 aromatic heterocycles. The SMILES string of the molecule is N#Cc1cccc(NC(=O)N[C@@H](c2ccccc2)[C@@H](O)CN2CCC(Cc3ccc(F)cc3)CC2)c1. The van der Waals surface area contributed by atoms with Crippen LogP contribution in [0.1, 0.15) is 35.6 Å². The van der Waals surface area contributed by atoms with Gasteiger partial charge >= 0.3 is 6.03 Å². The normalized spacial score (nSPS) is 16.0. The van der Waals surface area contributed by atoms with Crippen molar-refractivity contribution < 1.29 is 14.3 Å². The van der Waals surface area contributed by atoms with Crippen molar-refractivity contribution in [3.05, 3.63) is 101 Å². The van der Waals surface area contributed by atoms with Gasteiger partial charge in [-0.1, -0.05) is 48.5 Å². The molecule has 186 valence electrons. The van der Waals surface area contributed by atoms with Gasteiger partial charge in [0.15, 0.2) is 0 Å². The summed E-state index contributed by atoms with van der Waals surface area (Å²) < 4.78 is 13.2. The molecule has 3 N–H and O–H groups in total. The Labute approximate surface area is 211 Å². The fraction of sp³-hybridized carbons (Fsp3) is 0.310. The lowest BCUT2D eigenvalue weighted by atomic mass is 9.90. The molecule has 7 heteroatoms. The number of hydrogen-bond acceptors (Lipinski definition) is 4. The number of anilines is 1. The molecular formula is C29H31FN4O2. The second-order valence-corrected chi connectivity index (χ2v) is 9.32. The number of aliphatic hydroxyl groups excluding tert-OH is 1. The summed E-state index contributed by atoms with van der Waals surface area (Å²) in [7, 11) is 0. The van der Waals surface area contributed by atoms with Crippen LogP contribution in [0.4, 0.5) is 14.9 Å². The first-order chi connectivity index (χ1) is 17.5. The van der Waals surface area contributed by atoms with Gasteiger partial charge in [-0.15, -0.1) is 0 Å². The Morgan fingerprint density at radius 1 is 1.06 bits per heavy atom. The number of likely N-dealkylation sites (tertiary alicyclic amines) is 1. The predicted octanol–water partition coefficient (Wildman–Crippen LogP) is 4.88. The van der Waals surface area contributed by atoms with Gasteiger partial charge in [-0.3, -0.25) is 0 Å². The zero-order chi connectivity index (χ0) is 25.3. The van der Waals surface area contributed by atoms with Crippen LogP contribution in [0.3, 0.4) is 0 Å². The van der Waals surface area contributed by atoms with Gasteiger partial charge in [-0.25, -0.2) is 9.18 Å². The largest absolute Gasteiger partial charge is 0.389 e. The maximum atomic E-state index is 13.2. The minimum Gasteiger partial charge on any atom is -0.389 e. The number of nitriles is 1. The molecule has 0 bridgehead atoms. The van der Waals surface area contributed by atoms with E-state index in [1.165, 1.54) is 12.1 Å². The quantitative estimate of drug-likeness (QED) is 0.424. The molecule has 4 rings (SSSR count). The van der Waals surface area contributed by atoms with E-state index in [1.54, 1.807) is 24.3 Å². The number of nitrogens with one attached hydrogen (secondary N) is 2. The van der Waals surface area contributed by atoms with Crippen LogP contribution in [0.15, 0.2) is 78.9 Å². The average molecular weight is 487 g/mol. The van der Waals surface area contributed by atoms with Gasteiger partial charge in [0.05, 0.1) is 23.8 Å². The number of rotatable bonds is 8. The highest BCUT2D eigenvalue weighted by atomic mass is 19.1. The molecule has 0 spiro atoms. The van der Waals surface area contributed by atoms with Crippen LogP contribution in [-0.2, 0) is 6.42 Å². The van der Waals surface area contributed by atoms with E-state index in [2.05, 4.69) is 21.6 Å². The number of aliphatic hydroxyl groups is 1. The molecule has 1 fully saturated rings. The fourth-order valence-electron chi connectivity index (χ4n) is 4.73. The highest BCUT2D eigenvalue weighted by Crippen LogP contribution is 2.24. The van der Waals surface area contributed by atoms with Crippen LogP contribution in [0.5, 0.6) is 0 Å². The van der Waals surface area contributed by atoms with E-state index in [9.17, 15) is 14.3 Å². The zero-order valence-corrected chi connectivity index (χ0v) is 20.1. The third-order valence-corrected chi connectivity index (χ3v) is 6.67. The molecule has 6 nitrogen and oxygen atoms in total. The van der Waals surface area contributed by atoms with Gasteiger partial charge in [-0.05, 0) is 79.7 Å². The van der Waals surface area contributed by atoms with Crippen molar-refractivity contribution in [1.29, 1.82) is 5.26 Å². The Hall–Kier alpha value is -3.73. The summed E-state index contributed by atoms with van der Waals surface area (Å²) in [6, 6.07) is 23.9. The highest BCUT2D eigenvalue weighted by molar-refractivity contribution is 5.89. The number of amides is 2. The minimum absolute atomic E-state index is 0.214. The Balaban J connectivity index is 1.34. The molecule has 0 unspecified atom stereocenters. The van der Waals surface area contributed by atoms with Crippen molar-refractivity contribution in [3.63, 3.8) is 0 Å². The third kappa shape index (κ3) is 7.14. The van der Waals surface area contributed by atoms with Gasteiger partial charge in [0.1, 0.15) is 5.82 Å². The summed E-state index contributed by atoms with van der Waals surface area (Å²) >= 11 is 0. The van der Waals surface area contributed by atoms with E-state index in [0.717, 1.165) is 43.5 Å². The minimum atomic E-state index is -0.808. The van der Waals surface area contributed by atoms with E-state index < -0.39 is 18.2 Å². The molecule has 3 aromatic carbocycles. The number of β-amino-alcohol motifs (C(OH)–C–C–N with tert-alkyl or cyclic N) is 1. The topological polar surface area (TPSA) is 88.4 Å². The highest BCUT2D eigenvalue weighted by Gasteiger charge is 2.27. The Kier molecular flexibility index (Phi) is 8.66. The van der Waals surface area contributed by atoms with Crippen LogP contribution >= 0.6 is 0 Å². The lowest BCUT2D eigenvalue weighted by Crippen LogP contribution is -2.46. The first-order valence-corrected chi connectivity index (χ1v) is 12.3. The third-order valence-electron chi connectivity index (χ3n) is 6.67. The van der Waals surface area contributed by atoms with Crippen LogP contribution in [-0.4, -0.2) is 41.8 Å². The van der Waals surface area contributed by atoms with Crippen molar-refractivity contribution in [1.82, 2.24) is 10.2 Å². The molecule has 36 heavy (non-hydrogen) atoms. The maximum Gasteiger partial charge on any atom is 0.319 e. The predicted molar refractivity (Wildman–Crippen MR) is 138 cm³/mol. The Bertz CT molecular complexity index is 1170. The number of urea groups is 1. The number of piperidine rings is 1. The number of benzene rings is 3. The second kappa shape index (κ2) is 12.3. The number of nitrogens with zero attached hydrogens (tertiary/aromatic N) is 2. The molecule has 0 radical (unpaired) electrons. The number of carbonyl (C=O) groups is 1. The first-order valence-electron chi connectivity index (χ1n) is 12.3. The van der Waals surface area contributed by atoms with E-state index >= 15 is 0 Å². The van der Waals surface area contributed by atoms with Crippen molar-refractivity contribution >= 4 is 11.7 Å². The summed E-state index contributed by atoms with van der Waals surface area (Å²) in [5, 5.41) is 25.9. The smallest absolute Gasteiger partial charge is 0.319 e. The summed E-state index contributed by atoms with van der Waals surface area (Å²) in [6.07, 6.45) is 2.13. The average Bonchev–Trinajstić information content (AvgIpc) is 2.90. The van der Waals surface area contributed by atoms with Crippen molar-refractivity contribution in [2.24, 2.45) is 5.92 Å². The summed E-state index contributed by atoms with van der Waals surface area (Å²) in [5.74, 6) is 0.315. The molecule has 1 heterocycles. The van der Waals surface area contributed by atoms with Gasteiger partial charge in [-0.2, -0.15) is 5.26 Å². The Morgan fingerprint density at radius 3 is 2.47 bits per heavy atom. The van der Waals surface area contributed by atoms with Crippen LogP contribution in [0.2, 0.25) is 0 Å². The van der Waals surface area contributed by atoms with Gasteiger partial charge in [0, 0.05) is 12.2 Å². The van der Waals surface area contributed by atoms with Crippen LogP contribution in [0, 0.1) is 23.1 Å².